The first-order valence-electron chi connectivity index (χ1n) is 4.81. The van der Waals surface area contributed by atoms with Crippen LogP contribution in [0.5, 0.6) is 0 Å². The van der Waals surface area contributed by atoms with Crippen molar-refractivity contribution in [3.05, 3.63) is 35.8 Å². The quantitative estimate of drug-likeness (QED) is 0.796. The Hall–Kier alpha value is -1.91. The van der Waals surface area contributed by atoms with Gasteiger partial charge in [0.05, 0.1) is 17.9 Å². The Bertz CT molecular complexity index is 406. The van der Waals surface area contributed by atoms with E-state index in [1.807, 2.05) is 32.2 Å². The Balaban J connectivity index is 2.06. The van der Waals surface area contributed by atoms with Gasteiger partial charge in [-0.1, -0.05) is 0 Å². The van der Waals surface area contributed by atoms with Gasteiger partial charge in [-0.15, -0.1) is 5.10 Å². The molecule has 0 aliphatic carbocycles. The molecule has 0 saturated heterocycles. The molecule has 0 fully saturated rings. The first kappa shape index (κ1) is 9.64. The van der Waals surface area contributed by atoms with E-state index in [2.05, 4.69) is 25.7 Å². The number of aromatic amines is 1. The van der Waals surface area contributed by atoms with Gasteiger partial charge in [-0.05, 0) is 26.0 Å². The molecule has 2 rings (SSSR count). The van der Waals surface area contributed by atoms with Crippen LogP contribution in [0.15, 0.2) is 24.5 Å². The summed E-state index contributed by atoms with van der Waals surface area (Å²) in [6.45, 7) is 3.96. The molecule has 78 valence electrons. The molecule has 5 heteroatoms. The Morgan fingerprint density at radius 3 is 2.80 bits per heavy atom. The van der Waals surface area contributed by atoms with Gasteiger partial charge < -0.3 is 5.32 Å². The summed E-state index contributed by atoms with van der Waals surface area (Å²) in [7, 11) is 0. The van der Waals surface area contributed by atoms with Gasteiger partial charge in [0.2, 0.25) is 0 Å². The molecule has 15 heavy (non-hydrogen) atoms. The minimum absolute atomic E-state index is 0.167. The average molecular weight is 203 g/mol. The van der Waals surface area contributed by atoms with Gasteiger partial charge in [0.1, 0.15) is 5.82 Å². The lowest BCUT2D eigenvalue weighted by molar-refractivity contribution is 0.856. The van der Waals surface area contributed by atoms with Gasteiger partial charge in [0.25, 0.3) is 0 Å². The van der Waals surface area contributed by atoms with Crippen LogP contribution in [-0.2, 0) is 0 Å². The Morgan fingerprint density at radius 2 is 2.20 bits per heavy atom. The van der Waals surface area contributed by atoms with Gasteiger partial charge in [-0.3, -0.25) is 5.10 Å². The van der Waals surface area contributed by atoms with E-state index in [1.54, 1.807) is 6.20 Å². The number of aryl methyl sites for hydroxylation is 1. The molecule has 0 spiro atoms. The molecule has 5 nitrogen and oxygen atoms in total. The maximum Gasteiger partial charge on any atom is 0.149 e. The highest BCUT2D eigenvalue weighted by atomic mass is 15.2. The number of rotatable bonds is 3. The van der Waals surface area contributed by atoms with E-state index < -0.39 is 0 Å². The van der Waals surface area contributed by atoms with E-state index in [0.717, 1.165) is 17.1 Å². The summed E-state index contributed by atoms with van der Waals surface area (Å²) in [5.41, 5.74) is 2.01. The lowest BCUT2D eigenvalue weighted by Crippen LogP contribution is -2.07. The number of aromatic nitrogens is 4. The van der Waals surface area contributed by atoms with Crippen LogP contribution in [0.4, 0.5) is 5.82 Å². The van der Waals surface area contributed by atoms with Crippen molar-refractivity contribution in [3.8, 4) is 0 Å². The number of nitrogens with one attached hydrogen (secondary N) is 2. The second-order valence-corrected chi connectivity index (χ2v) is 3.46. The molecule has 2 N–H and O–H groups in total. The smallest absolute Gasteiger partial charge is 0.149 e. The number of H-pyrrole nitrogens is 1. The lowest BCUT2D eigenvalue weighted by Gasteiger charge is -2.11. The summed E-state index contributed by atoms with van der Waals surface area (Å²) in [5, 5.41) is 17.9. The SMILES string of the molecule is Cc1ccc(NC(C)c2cn[nH]c2)nn1. The maximum absolute atomic E-state index is 4.04. The van der Waals surface area contributed by atoms with Crippen molar-refractivity contribution in [1.82, 2.24) is 20.4 Å². The molecule has 0 bridgehead atoms. The molecular weight excluding hydrogens is 190 g/mol. The Morgan fingerprint density at radius 1 is 1.33 bits per heavy atom. The van der Waals surface area contributed by atoms with Gasteiger partial charge in [-0.25, -0.2) is 0 Å². The minimum Gasteiger partial charge on any atom is -0.362 e. The topological polar surface area (TPSA) is 66.5 Å². The summed E-state index contributed by atoms with van der Waals surface area (Å²) in [5.74, 6) is 0.773. The second-order valence-electron chi connectivity index (χ2n) is 3.46. The molecule has 0 radical (unpaired) electrons. The molecule has 2 heterocycles. The van der Waals surface area contributed by atoms with Crippen LogP contribution in [0.3, 0.4) is 0 Å². The molecular formula is C10H13N5. The summed E-state index contributed by atoms with van der Waals surface area (Å²) in [6.07, 6.45) is 3.65. The number of nitrogens with zero attached hydrogens (tertiary/aromatic N) is 3. The first-order valence-corrected chi connectivity index (χ1v) is 4.81. The van der Waals surface area contributed by atoms with E-state index >= 15 is 0 Å². The van der Waals surface area contributed by atoms with Gasteiger partial charge in [-0.2, -0.15) is 10.2 Å². The molecule has 0 aromatic carbocycles. The fourth-order valence-electron chi connectivity index (χ4n) is 1.28. The van der Waals surface area contributed by atoms with Gasteiger partial charge in [0, 0.05) is 11.8 Å². The van der Waals surface area contributed by atoms with E-state index in [1.165, 1.54) is 0 Å². The lowest BCUT2D eigenvalue weighted by atomic mass is 10.2. The molecule has 1 unspecified atom stereocenters. The van der Waals surface area contributed by atoms with Gasteiger partial charge >= 0.3 is 0 Å². The Labute approximate surface area is 87.9 Å². The largest absolute Gasteiger partial charge is 0.362 e. The van der Waals surface area contributed by atoms with Crippen molar-refractivity contribution in [1.29, 1.82) is 0 Å². The monoisotopic (exact) mass is 203 g/mol. The maximum atomic E-state index is 4.04. The van der Waals surface area contributed by atoms with Crippen molar-refractivity contribution < 1.29 is 0 Å². The van der Waals surface area contributed by atoms with Gasteiger partial charge in [0.15, 0.2) is 0 Å². The van der Waals surface area contributed by atoms with Crippen LogP contribution in [0.25, 0.3) is 0 Å². The zero-order valence-electron chi connectivity index (χ0n) is 8.73. The highest BCUT2D eigenvalue weighted by Crippen LogP contribution is 2.15. The van der Waals surface area contributed by atoms with Crippen LogP contribution in [-0.4, -0.2) is 20.4 Å². The average Bonchev–Trinajstić information content (AvgIpc) is 2.74. The third kappa shape index (κ3) is 2.31. The predicted octanol–water partition coefficient (Wildman–Crippen LogP) is 1.68. The molecule has 2 aromatic rings. The summed E-state index contributed by atoms with van der Waals surface area (Å²) in [6, 6.07) is 4.01. The van der Waals surface area contributed by atoms with Crippen LogP contribution >= 0.6 is 0 Å². The van der Waals surface area contributed by atoms with E-state index in [-0.39, 0.29) is 6.04 Å². The Kier molecular flexibility index (Phi) is 2.62. The second kappa shape index (κ2) is 4.08. The van der Waals surface area contributed by atoms with Crippen LogP contribution < -0.4 is 5.32 Å². The third-order valence-corrected chi connectivity index (χ3v) is 2.18. The predicted molar refractivity (Wildman–Crippen MR) is 57.4 cm³/mol. The number of hydrogen-bond donors (Lipinski definition) is 2. The molecule has 1 atom stereocenters. The van der Waals surface area contributed by atoms with E-state index in [0.29, 0.717) is 0 Å². The molecule has 0 saturated carbocycles. The van der Waals surface area contributed by atoms with Crippen LogP contribution in [0.1, 0.15) is 24.2 Å². The standard InChI is InChI=1S/C10H13N5/c1-7-3-4-10(15-14-7)13-8(2)9-5-11-12-6-9/h3-6,8H,1-2H3,(H,11,12)(H,13,15). The fraction of sp³-hybridized carbons (Fsp3) is 0.300. The van der Waals surface area contributed by atoms with Crippen molar-refractivity contribution >= 4 is 5.82 Å². The number of hydrogen-bond acceptors (Lipinski definition) is 4. The normalized spacial score (nSPS) is 12.4. The van der Waals surface area contributed by atoms with Crippen LogP contribution in [0, 0.1) is 6.92 Å². The summed E-state index contributed by atoms with van der Waals surface area (Å²) < 4.78 is 0. The molecule has 0 amide bonds. The number of anilines is 1. The van der Waals surface area contributed by atoms with Crippen molar-refractivity contribution in [2.24, 2.45) is 0 Å². The summed E-state index contributed by atoms with van der Waals surface area (Å²) in [4.78, 5) is 0. The summed E-state index contributed by atoms with van der Waals surface area (Å²) >= 11 is 0. The van der Waals surface area contributed by atoms with Crippen LogP contribution in [0.2, 0.25) is 0 Å². The van der Waals surface area contributed by atoms with Crippen molar-refractivity contribution in [2.45, 2.75) is 19.9 Å². The zero-order valence-corrected chi connectivity index (χ0v) is 8.73. The fourth-order valence-corrected chi connectivity index (χ4v) is 1.28. The first-order chi connectivity index (χ1) is 7.25. The highest BCUT2D eigenvalue weighted by molar-refractivity contribution is 5.36. The van der Waals surface area contributed by atoms with E-state index in [4.69, 9.17) is 0 Å². The van der Waals surface area contributed by atoms with Crippen molar-refractivity contribution in [3.63, 3.8) is 0 Å². The zero-order chi connectivity index (χ0) is 10.7. The molecule has 0 aliphatic rings. The van der Waals surface area contributed by atoms with E-state index in [9.17, 15) is 0 Å². The third-order valence-electron chi connectivity index (χ3n) is 2.18. The minimum atomic E-state index is 0.167. The van der Waals surface area contributed by atoms with Crippen molar-refractivity contribution in [2.75, 3.05) is 5.32 Å². The molecule has 0 aliphatic heterocycles. The highest BCUT2D eigenvalue weighted by Gasteiger charge is 2.06. The molecule has 2 aromatic heterocycles.